The number of aryl methyl sites for hydroxylation is 1. The lowest BCUT2D eigenvalue weighted by Crippen LogP contribution is -1.99. The smallest absolute Gasteiger partial charge is 0.187 e. The number of hydrogen-bond acceptors (Lipinski definition) is 4. The molecule has 96 valence electrons. The van der Waals surface area contributed by atoms with Crippen LogP contribution < -0.4 is 11.1 Å². The van der Waals surface area contributed by atoms with E-state index in [9.17, 15) is 0 Å². The molecule has 1 aromatic carbocycles. The maximum atomic E-state index is 5.61. The molecule has 18 heavy (non-hydrogen) atoms. The molecule has 3 N–H and O–H groups in total. The SMILES string of the molecule is Cc1cccc(C(C)C)c1Nc1ncc(CN)s1. The van der Waals surface area contributed by atoms with Crippen molar-refractivity contribution in [2.45, 2.75) is 33.2 Å². The van der Waals surface area contributed by atoms with E-state index in [1.165, 1.54) is 16.8 Å². The van der Waals surface area contributed by atoms with E-state index >= 15 is 0 Å². The van der Waals surface area contributed by atoms with Gasteiger partial charge in [-0.25, -0.2) is 4.98 Å². The molecule has 1 aromatic heterocycles. The second-order valence-electron chi connectivity index (χ2n) is 4.65. The van der Waals surface area contributed by atoms with Crippen molar-refractivity contribution < 1.29 is 0 Å². The highest BCUT2D eigenvalue weighted by molar-refractivity contribution is 7.15. The molecule has 0 fully saturated rings. The first-order valence-corrected chi connectivity index (χ1v) is 6.94. The van der Waals surface area contributed by atoms with Crippen LogP contribution in [0.4, 0.5) is 10.8 Å². The minimum Gasteiger partial charge on any atom is -0.331 e. The fraction of sp³-hybridized carbons (Fsp3) is 0.357. The molecule has 0 aliphatic heterocycles. The molecule has 2 rings (SSSR count). The number of rotatable bonds is 4. The summed E-state index contributed by atoms with van der Waals surface area (Å²) in [5, 5.41) is 4.34. The summed E-state index contributed by atoms with van der Waals surface area (Å²) in [6.07, 6.45) is 1.83. The van der Waals surface area contributed by atoms with E-state index in [0.717, 1.165) is 10.0 Å². The lowest BCUT2D eigenvalue weighted by molar-refractivity contribution is 0.867. The molecule has 3 nitrogen and oxygen atoms in total. The Labute approximate surface area is 112 Å². The van der Waals surface area contributed by atoms with Gasteiger partial charge in [0.25, 0.3) is 0 Å². The number of nitrogens with one attached hydrogen (secondary N) is 1. The fourth-order valence-electron chi connectivity index (χ4n) is 1.91. The first-order chi connectivity index (χ1) is 8.61. The number of thiazole rings is 1. The van der Waals surface area contributed by atoms with Gasteiger partial charge in [-0.3, -0.25) is 0 Å². The number of aromatic nitrogens is 1. The number of benzene rings is 1. The van der Waals surface area contributed by atoms with Gasteiger partial charge in [0.2, 0.25) is 0 Å². The first-order valence-electron chi connectivity index (χ1n) is 6.13. The molecule has 1 heterocycles. The van der Waals surface area contributed by atoms with Crippen LogP contribution in [0.5, 0.6) is 0 Å². The third kappa shape index (κ3) is 2.71. The van der Waals surface area contributed by atoms with Crippen LogP contribution in [0.2, 0.25) is 0 Å². The van der Waals surface area contributed by atoms with E-state index < -0.39 is 0 Å². The highest BCUT2D eigenvalue weighted by Gasteiger charge is 2.10. The number of nitrogens with zero attached hydrogens (tertiary/aromatic N) is 1. The van der Waals surface area contributed by atoms with Gasteiger partial charge in [0.1, 0.15) is 0 Å². The van der Waals surface area contributed by atoms with Crippen LogP contribution in [0, 0.1) is 6.92 Å². The van der Waals surface area contributed by atoms with Gasteiger partial charge in [0, 0.05) is 23.3 Å². The number of anilines is 2. The highest BCUT2D eigenvalue weighted by Crippen LogP contribution is 2.31. The zero-order valence-electron chi connectivity index (χ0n) is 11.0. The molecule has 0 saturated carbocycles. The second-order valence-corrected chi connectivity index (χ2v) is 5.77. The zero-order valence-corrected chi connectivity index (χ0v) is 11.8. The van der Waals surface area contributed by atoms with Crippen LogP contribution in [0.3, 0.4) is 0 Å². The van der Waals surface area contributed by atoms with Crippen molar-refractivity contribution in [3.05, 3.63) is 40.4 Å². The van der Waals surface area contributed by atoms with Crippen molar-refractivity contribution in [3.8, 4) is 0 Å². The Bertz CT molecular complexity index is 532. The number of para-hydroxylation sites is 1. The Balaban J connectivity index is 2.33. The van der Waals surface area contributed by atoms with Gasteiger partial charge < -0.3 is 11.1 Å². The summed E-state index contributed by atoms with van der Waals surface area (Å²) in [7, 11) is 0. The first kappa shape index (κ1) is 13.1. The Morgan fingerprint density at radius 3 is 2.78 bits per heavy atom. The van der Waals surface area contributed by atoms with Gasteiger partial charge in [-0.15, -0.1) is 11.3 Å². The lowest BCUT2D eigenvalue weighted by Gasteiger charge is -2.15. The Hall–Kier alpha value is -1.39. The van der Waals surface area contributed by atoms with Crippen molar-refractivity contribution in [3.63, 3.8) is 0 Å². The van der Waals surface area contributed by atoms with Gasteiger partial charge in [-0.1, -0.05) is 32.0 Å². The van der Waals surface area contributed by atoms with Crippen molar-refractivity contribution >= 4 is 22.2 Å². The summed E-state index contributed by atoms with van der Waals surface area (Å²) in [6.45, 7) is 7.07. The summed E-state index contributed by atoms with van der Waals surface area (Å²) >= 11 is 1.61. The van der Waals surface area contributed by atoms with E-state index in [0.29, 0.717) is 12.5 Å². The number of hydrogen-bond donors (Lipinski definition) is 2. The predicted octanol–water partition coefficient (Wildman–Crippen LogP) is 3.78. The van der Waals surface area contributed by atoms with Gasteiger partial charge in [-0.2, -0.15) is 0 Å². The molecule has 0 unspecified atom stereocenters. The topological polar surface area (TPSA) is 50.9 Å². The summed E-state index contributed by atoms with van der Waals surface area (Å²) in [5.41, 5.74) is 9.34. The van der Waals surface area contributed by atoms with E-state index in [-0.39, 0.29) is 0 Å². The maximum absolute atomic E-state index is 5.61. The van der Waals surface area contributed by atoms with Crippen molar-refractivity contribution in [1.29, 1.82) is 0 Å². The van der Waals surface area contributed by atoms with Crippen LogP contribution in [0.25, 0.3) is 0 Å². The van der Waals surface area contributed by atoms with Gasteiger partial charge >= 0.3 is 0 Å². The molecular weight excluding hydrogens is 242 g/mol. The Morgan fingerprint density at radius 1 is 1.39 bits per heavy atom. The van der Waals surface area contributed by atoms with Crippen LogP contribution in [-0.2, 0) is 6.54 Å². The lowest BCUT2D eigenvalue weighted by atomic mass is 9.98. The quantitative estimate of drug-likeness (QED) is 0.880. The molecule has 0 radical (unpaired) electrons. The average Bonchev–Trinajstić information content (AvgIpc) is 2.79. The van der Waals surface area contributed by atoms with Crippen molar-refractivity contribution in [2.75, 3.05) is 5.32 Å². The van der Waals surface area contributed by atoms with E-state index in [1.54, 1.807) is 11.3 Å². The minimum atomic E-state index is 0.487. The zero-order chi connectivity index (χ0) is 13.1. The number of nitrogens with two attached hydrogens (primary N) is 1. The van der Waals surface area contributed by atoms with Crippen LogP contribution >= 0.6 is 11.3 Å². The largest absolute Gasteiger partial charge is 0.331 e. The monoisotopic (exact) mass is 261 g/mol. The Kier molecular flexibility index (Phi) is 3.99. The molecule has 0 saturated heterocycles. The molecule has 0 aliphatic carbocycles. The molecule has 0 spiro atoms. The molecule has 2 aromatic rings. The molecule has 0 aliphatic rings. The third-order valence-electron chi connectivity index (χ3n) is 2.91. The van der Waals surface area contributed by atoms with E-state index in [1.807, 2.05) is 6.20 Å². The summed E-state index contributed by atoms with van der Waals surface area (Å²) in [5.74, 6) is 0.487. The van der Waals surface area contributed by atoms with Crippen molar-refractivity contribution in [2.24, 2.45) is 5.73 Å². The highest BCUT2D eigenvalue weighted by atomic mass is 32.1. The van der Waals surface area contributed by atoms with Crippen LogP contribution in [-0.4, -0.2) is 4.98 Å². The molecular formula is C14H19N3S. The normalized spacial score (nSPS) is 10.9. The van der Waals surface area contributed by atoms with Crippen molar-refractivity contribution in [1.82, 2.24) is 4.98 Å². The summed E-state index contributed by atoms with van der Waals surface area (Å²) < 4.78 is 0. The molecule has 0 bridgehead atoms. The van der Waals surface area contributed by atoms with E-state index in [2.05, 4.69) is 49.3 Å². The summed E-state index contributed by atoms with van der Waals surface area (Å²) in [4.78, 5) is 5.45. The second kappa shape index (κ2) is 5.50. The van der Waals surface area contributed by atoms with Gasteiger partial charge in [-0.05, 0) is 24.0 Å². The van der Waals surface area contributed by atoms with Crippen LogP contribution in [0.15, 0.2) is 24.4 Å². The van der Waals surface area contributed by atoms with Gasteiger partial charge in [0.05, 0.1) is 0 Å². The molecule has 0 amide bonds. The van der Waals surface area contributed by atoms with Crippen LogP contribution in [0.1, 0.15) is 35.8 Å². The van der Waals surface area contributed by atoms with E-state index in [4.69, 9.17) is 5.73 Å². The standard InChI is InChI=1S/C14H19N3S/c1-9(2)12-6-4-5-10(3)13(12)17-14-16-8-11(7-15)18-14/h4-6,8-9H,7,15H2,1-3H3,(H,16,17). The maximum Gasteiger partial charge on any atom is 0.187 e. The predicted molar refractivity (Wildman–Crippen MR) is 78.6 cm³/mol. The summed E-state index contributed by atoms with van der Waals surface area (Å²) in [6, 6.07) is 6.38. The molecule has 0 atom stereocenters. The van der Waals surface area contributed by atoms with Gasteiger partial charge in [0.15, 0.2) is 5.13 Å². The average molecular weight is 261 g/mol. The third-order valence-corrected chi connectivity index (χ3v) is 3.85. The molecule has 4 heteroatoms. The minimum absolute atomic E-state index is 0.487. The Morgan fingerprint density at radius 2 is 2.17 bits per heavy atom. The fourth-order valence-corrected chi connectivity index (χ4v) is 2.60.